The summed E-state index contributed by atoms with van der Waals surface area (Å²) in [5.41, 5.74) is 6.96. The normalized spacial score (nSPS) is 12.3. The molecule has 0 fully saturated rings. The van der Waals surface area contributed by atoms with E-state index >= 15 is 0 Å². The van der Waals surface area contributed by atoms with Crippen LogP contribution < -0.4 is 14.2 Å². The average Bonchev–Trinajstić information content (AvgIpc) is 3.48. The highest BCUT2D eigenvalue weighted by Crippen LogP contribution is 2.34. The number of esters is 1. The third-order valence-electron chi connectivity index (χ3n) is 8.37. The fourth-order valence-corrected chi connectivity index (χ4v) is 5.94. The molecule has 0 aliphatic carbocycles. The molecular formula is C39H41N3O5. The highest BCUT2D eigenvalue weighted by Gasteiger charge is 2.23. The summed E-state index contributed by atoms with van der Waals surface area (Å²) in [5.74, 6) is 2.97. The van der Waals surface area contributed by atoms with Crippen LogP contribution in [0.3, 0.4) is 0 Å². The van der Waals surface area contributed by atoms with Crippen molar-refractivity contribution in [3.05, 3.63) is 119 Å². The van der Waals surface area contributed by atoms with Gasteiger partial charge in [-0.1, -0.05) is 61.9 Å². The van der Waals surface area contributed by atoms with Gasteiger partial charge in [-0.15, -0.1) is 0 Å². The van der Waals surface area contributed by atoms with Crippen LogP contribution in [0.5, 0.6) is 17.2 Å². The van der Waals surface area contributed by atoms with Crippen molar-refractivity contribution >= 4 is 5.97 Å². The Morgan fingerprint density at radius 3 is 2.21 bits per heavy atom. The van der Waals surface area contributed by atoms with Crippen LogP contribution >= 0.6 is 0 Å². The number of aromatic nitrogens is 2. The van der Waals surface area contributed by atoms with Crippen molar-refractivity contribution in [2.45, 2.75) is 45.9 Å². The molecule has 1 aliphatic heterocycles. The molecule has 5 aromatic rings. The van der Waals surface area contributed by atoms with Gasteiger partial charge in [-0.3, -0.25) is 4.90 Å². The molecule has 8 heteroatoms. The summed E-state index contributed by atoms with van der Waals surface area (Å²) in [7, 11) is 3.08. The van der Waals surface area contributed by atoms with Crippen LogP contribution in [0.2, 0.25) is 0 Å². The van der Waals surface area contributed by atoms with Crippen molar-refractivity contribution in [2.75, 3.05) is 27.4 Å². The van der Waals surface area contributed by atoms with Crippen molar-refractivity contribution in [3.8, 4) is 39.9 Å². The molecule has 0 spiro atoms. The van der Waals surface area contributed by atoms with Crippen molar-refractivity contribution < 1.29 is 23.7 Å². The summed E-state index contributed by atoms with van der Waals surface area (Å²) in [6.45, 7) is 6.11. The molecule has 0 unspecified atom stereocenters. The largest absolute Gasteiger partial charge is 0.497 e. The van der Waals surface area contributed by atoms with Crippen LogP contribution in [0, 0.1) is 0 Å². The van der Waals surface area contributed by atoms with E-state index in [0.29, 0.717) is 38.4 Å². The Balaban J connectivity index is 1.43. The van der Waals surface area contributed by atoms with Crippen molar-refractivity contribution in [1.29, 1.82) is 0 Å². The molecule has 0 atom stereocenters. The minimum atomic E-state index is -0.345. The highest BCUT2D eigenvalue weighted by molar-refractivity contribution is 5.89. The Morgan fingerprint density at radius 2 is 1.51 bits per heavy atom. The SMILES string of the molecule is CCCCn1c(-c2ccccc2)nc(-c2ccc(OC)cc2)c1CN(Cc1ccc(C(=O)OC)cc1)Cc1ccc2c(c1)OCCO2. The van der Waals surface area contributed by atoms with Gasteiger partial charge in [0.1, 0.15) is 24.8 Å². The lowest BCUT2D eigenvalue weighted by Crippen LogP contribution is -2.25. The number of methoxy groups -OCH3 is 2. The number of carbonyl (C=O) groups excluding carboxylic acids is 1. The number of fused-ring (bicyclic) bond motifs is 1. The van der Waals surface area contributed by atoms with Crippen LogP contribution in [0.1, 0.15) is 46.9 Å². The minimum absolute atomic E-state index is 0.345. The second-order valence-corrected chi connectivity index (χ2v) is 11.6. The van der Waals surface area contributed by atoms with E-state index in [1.54, 1.807) is 7.11 Å². The van der Waals surface area contributed by atoms with Gasteiger partial charge in [0.25, 0.3) is 0 Å². The first-order valence-electron chi connectivity index (χ1n) is 16.1. The lowest BCUT2D eigenvalue weighted by Gasteiger charge is -2.26. The van der Waals surface area contributed by atoms with Crippen LogP contribution in [-0.4, -0.2) is 47.9 Å². The summed E-state index contributed by atoms with van der Waals surface area (Å²) in [6.07, 6.45) is 2.10. The number of hydrogen-bond acceptors (Lipinski definition) is 7. The smallest absolute Gasteiger partial charge is 0.337 e. The molecule has 0 radical (unpaired) electrons. The molecule has 242 valence electrons. The second kappa shape index (κ2) is 15.0. The van der Waals surface area contributed by atoms with Gasteiger partial charge in [-0.25, -0.2) is 9.78 Å². The van der Waals surface area contributed by atoms with Crippen LogP contribution in [0.15, 0.2) is 97.1 Å². The number of imidazole rings is 1. The van der Waals surface area contributed by atoms with E-state index in [1.807, 2.05) is 48.5 Å². The van der Waals surface area contributed by atoms with Gasteiger partial charge in [0.05, 0.1) is 31.2 Å². The van der Waals surface area contributed by atoms with Crippen LogP contribution in [-0.2, 0) is 30.9 Å². The Kier molecular flexibility index (Phi) is 10.2. The summed E-state index contributed by atoms with van der Waals surface area (Å²) in [5, 5.41) is 0. The number of benzene rings is 4. The maximum absolute atomic E-state index is 12.1. The fourth-order valence-electron chi connectivity index (χ4n) is 5.94. The molecule has 0 saturated carbocycles. The van der Waals surface area contributed by atoms with E-state index in [2.05, 4.69) is 64.9 Å². The zero-order valence-electron chi connectivity index (χ0n) is 27.3. The number of carbonyl (C=O) groups is 1. The van der Waals surface area contributed by atoms with E-state index < -0.39 is 0 Å². The number of nitrogens with zero attached hydrogens (tertiary/aromatic N) is 3. The number of unbranched alkanes of at least 4 members (excludes halogenated alkanes) is 1. The molecule has 2 heterocycles. The minimum Gasteiger partial charge on any atom is -0.497 e. The molecule has 1 aromatic heterocycles. The standard InChI is InChI=1S/C39H41N3O5/c1-4-5-21-42-34(37(30-16-18-33(44-2)19-17-30)40-38(42)31-9-7-6-8-10-31)27-41(25-28-11-14-32(15-12-28)39(43)45-3)26-29-13-20-35-36(24-29)47-23-22-46-35/h6-20,24H,4-5,21-23,25-27H2,1-3H3. The van der Waals surface area contributed by atoms with Crippen molar-refractivity contribution in [3.63, 3.8) is 0 Å². The predicted octanol–water partition coefficient (Wildman–Crippen LogP) is 7.79. The summed E-state index contributed by atoms with van der Waals surface area (Å²) >= 11 is 0. The number of rotatable bonds is 13. The Labute approximate surface area is 276 Å². The molecule has 0 amide bonds. The Morgan fingerprint density at radius 1 is 0.809 bits per heavy atom. The number of ether oxygens (including phenoxy) is 4. The van der Waals surface area contributed by atoms with Crippen molar-refractivity contribution in [1.82, 2.24) is 14.5 Å². The molecule has 6 rings (SSSR count). The maximum Gasteiger partial charge on any atom is 0.337 e. The Hall–Kier alpha value is -5.08. The van der Waals surface area contributed by atoms with Gasteiger partial charge in [-0.2, -0.15) is 0 Å². The van der Waals surface area contributed by atoms with E-state index in [4.69, 9.17) is 23.9 Å². The molecule has 0 N–H and O–H groups in total. The molecule has 1 aliphatic rings. The zero-order valence-corrected chi connectivity index (χ0v) is 27.3. The molecule has 4 aromatic carbocycles. The van der Waals surface area contributed by atoms with Gasteiger partial charge >= 0.3 is 5.97 Å². The first-order chi connectivity index (χ1) is 23.1. The first kappa shape index (κ1) is 31.9. The lowest BCUT2D eigenvalue weighted by molar-refractivity contribution is 0.0600. The third kappa shape index (κ3) is 7.50. The third-order valence-corrected chi connectivity index (χ3v) is 8.37. The molecule has 0 bridgehead atoms. The Bertz CT molecular complexity index is 1780. The molecule has 47 heavy (non-hydrogen) atoms. The van der Waals surface area contributed by atoms with E-state index in [-0.39, 0.29) is 5.97 Å². The van der Waals surface area contributed by atoms with Gasteiger partial charge in [-0.05, 0) is 66.1 Å². The molecule has 0 saturated heterocycles. The summed E-state index contributed by atoms with van der Waals surface area (Å²) < 4.78 is 24.5. The zero-order chi connectivity index (χ0) is 32.6. The topological polar surface area (TPSA) is 75.1 Å². The number of hydrogen-bond donors (Lipinski definition) is 0. The first-order valence-corrected chi connectivity index (χ1v) is 16.1. The monoisotopic (exact) mass is 631 g/mol. The van der Waals surface area contributed by atoms with Crippen LogP contribution in [0.25, 0.3) is 22.6 Å². The van der Waals surface area contributed by atoms with Gasteiger partial charge in [0.15, 0.2) is 11.5 Å². The quantitative estimate of drug-likeness (QED) is 0.123. The summed E-state index contributed by atoms with van der Waals surface area (Å²) in [6, 6.07) is 32.4. The molecule has 8 nitrogen and oxygen atoms in total. The second-order valence-electron chi connectivity index (χ2n) is 11.6. The predicted molar refractivity (Wildman–Crippen MR) is 183 cm³/mol. The van der Waals surface area contributed by atoms with Gasteiger partial charge < -0.3 is 23.5 Å². The van der Waals surface area contributed by atoms with E-state index in [9.17, 15) is 4.79 Å². The average molecular weight is 632 g/mol. The lowest BCUT2D eigenvalue weighted by atomic mass is 10.1. The van der Waals surface area contributed by atoms with Gasteiger partial charge in [0, 0.05) is 37.3 Å². The summed E-state index contributed by atoms with van der Waals surface area (Å²) in [4.78, 5) is 19.9. The van der Waals surface area contributed by atoms with Crippen molar-refractivity contribution in [2.24, 2.45) is 0 Å². The maximum atomic E-state index is 12.1. The molecular weight excluding hydrogens is 590 g/mol. The fraction of sp³-hybridized carbons (Fsp3) is 0.282. The van der Waals surface area contributed by atoms with E-state index in [0.717, 1.165) is 76.1 Å². The van der Waals surface area contributed by atoms with E-state index in [1.165, 1.54) is 7.11 Å². The van der Waals surface area contributed by atoms with Crippen LogP contribution in [0.4, 0.5) is 0 Å². The highest BCUT2D eigenvalue weighted by atomic mass is 16.6. The van der Waals surface area contributed by atoms with Gasteiger partial charge in [0.2, 0.25) is 0 Å².